The van der Waals surface area contributed by atoms with Crippen LogP contribution in [0.5, 0.6) is 5.75 Å². The Morgan fingerprint density at radius 3 is 2.69 bits per heavy atom. The van der Waals surface area contributed by atoms with Gasteiger partial charge in [-0.2, -0.15) is 0 Å². The van der Waals surface area contributed by atoms with Gasteiger partial charge < -0.3 is 10.1 Å². The Kier molecular flexibility index (Phi) is 3.72. The van der Waals surface area contributed by atoms with Crippen molar-refractivity contribution in [1.82, 2.24) is 5.32 Å². The van der Waals surface area contributed by atoms with E-state index in [1.165, 1.54) is 12.0 Å². The van der Waals surface area contributed by atoms with Crippen LogP contribution in [0.15, 0.2) is 18.2 Å². The normalized spacial score (nSPS) is 17.9. The van der Waals surface area contributed by atoms with E-state index < -0.39 is 0 Å². The van der Waals surface area contributed by atoms with E-state index in [2.05, 4.69) is 18.3 Å². The van der Waals surface area contributed by atoms with E-state index in [9.17, 15) is 0 Å². The molecule has 0 amide bonds. The van der Waals surface area contributed by atoms with Crippen LogP contribution in [-0.4, -0.2) is 13.2 Å². The first kappa shape index (κ1) is 11.7. The van der Waals surface area contributed by atoms with Crippen LogP contribution in [0, 0.1) is 0 Å². The lowest BCUT2D eigenvalue weighted by atomic mass is 9.96. The summed E-state index contributed by atoms with van der Waals surface area (Å²) in [6.07, 6.45) is 3.97. The van der Waals surface area contributed by atoms with Gasteiger partial charge in [0, 0.05) is 6.04 Å². The van der Waals surface area contributed by atoms with Crippen molar-refractivity contribution in [3.8, 4) is 5.75 Å². The van der Waals surface area contributed by atoms with E-state index in [-0.39, 0.29) is 0 Å². The van der Waals surface area contributed by atoms with Crippen molar-refractivity contribution in [2.75, 3.05) is 7.05 Å². The number of hydrogen-bond acceptors (Lipinski definition) is 2. The average molecular weight is 240 g/mol. The maximum Gasteiger partial charge on any atom is 0.138 e. The lowest BCUT2D eigenvalue weighted by molar-refractivity contribution is 0.120. The summed E-state index contributed by atoms with van der Waals surface area (Å²) >= 11 is 6.20. The third-order valence-electron chi connectivity index (χ3n) is 3.23. The van der Waals surface area contributed by atoms with Crippen molar-refractivity contribution in [3.63, 3.8) is 0 Å². The molecule has 1 saturated carbocycles. The summed E-state index contributed by atoms with van der Waals surface area (Å²) in [4.78, 5) is 0. The molecule has 1 aromatic carbocycles. The topological polar surface area (TPSA) is 21.3 Å². The van der Waals surface area contributed by atoms with Crippen molar-refractivity contribution in [2.45, 2.75) is 38.3 Å². The van der Waals surface area contributed by atoms with E-state index >= 15 is 0 Å². The van der Waals surface area contributed by atoms with Crippen molar-refractivity contribution in [1.29, 1.82) is 0 Å². The smallest absolute Gasteiger partial charge is 0.138 e. The monoisotopic (exact) mass is 239 g/mol. The van der Waals surface area contributed by atoms with Crippen LogP contribution in [0.4, 0.5) is 0 Å². The first-order valence-corrected chi connectivity index (χ1v) is 6.22. The van der Waals surface area contributed by atoms with Crippen molar-refractivity contribution >= 4 is 11.6 Å². The van der Waals surface area contributed by atoms with Crippen LogP contribution < -0.4 is 10.1 Å². The number of rotatable bonds is 4. The first-order chi connectivity index (χ1) is 7.70. The molecule has 0 aromatic heterocycles. The second kappa shape index (κ2) is 5.07. The van der Waals surface area contributed by atoms with Crippen LogP contribution in [0.2, 0.25) is 5.02 Å². The van der Waals surface area contributed by atoms with Gasteiger partial charge in [-0.3, -0.25) is 0 Å². The number of hydrogen-bond donors (Lipinski definition) is 1. The number of ether oxygens (including phenoxy) is 1. The van der Waals surface area contributed by atoms with Gasteiger partial charge in [0.05, 0.1) is 11.1 Å². The third kappa shape index (κ3) is 2.50. The average Bonchev–Trinajstić information content (AvgIpc) is 2.23. The third-order valence-corrected chi connectivity index (χ3v) is 3.53. The minimum atomic E-state index is 0.315. The molecule has 1 aromatic rings. The Morgan fingerprint density at radius 2 is 2.19 bits per heavy atom. The fraction of sp³-hybridized carbons (Fsp3) is 0.538. The highest BCUT2D eigenvalue weighted by Gasteiger charge is 2.20. The molecule has 0 heterocycles. The Morgan fingerprint density at radius 1 is 1.44 bits per heavy atom. The molecule has 1 unspecified atom stereocenters. The Balaban J connectivity index is 2.09. The van der Waals surface area contributed by atoms with Crippen LogP contribution in [0.1, 0.15) is 37.8 Å². The van der Waals surface area contributed by atoms with Crippen molar-refractivity contribution in [2.24, 2.45) is 0 Å². The van der Waals surface area contributed by atoms with Gasteiger partial charge in [-0.15, -0.1) is 0 Å². The largest absolute Gasteiger partial charge is 0.489 e. The molecule has 1 aliphatic carbocycles. The maximum atomic E-state index is 6.20. The predicted octanol–water partition coefficient (Wildman–Crippen LogP) is 3.55. The predicted molar refractivity (Wildman–Crippen MR) is 67.2 cm³/mol. The highest BCUT2D eigenvalue weighted by Crippen LogP contribution is 2.32. The fourth-order valence-electron chi connectivity index (χ4n) is 1.72. The highest BCUT2D eigenvalue weighted by molar-refractivity contribution is 6.32. The molecule has 0 radical (unpaired) electrons. The van der Waals surface area contributed by atoms with Gasteiger partial charge in [0.25, 0.3) is 0 Å². The van der Waals surface area contributed by atoms with Crippen LogP contribution in [-0.2, 0) is 0 Å². The molecule has 0 bridgehead atoms. The Labute approximate surface area is 102 Å². The summed E-state index contributed by atoms with van der Waals surface area (Å²) in [7, 11) is 1.94. The molecule has 3 heteroatoms. The molecule has 0 aliphatic heterocycles. The molecular weight excluding hydrogens is 222 g/mol. The zero-order valence-corrected chi connectivity index (χ0v) is 10.6. The number of halogens is 1. The molecule has 2 nitrogen and oxygen atoms in total. The second-order valence-corrected chi connectivity index (χ2v) is 4.78. The first-order valence-electron chi connectivity index (χ1n) is 5.84. The zero-order valence-electron chi connectivity index (χ0n) is 9.79. The van der Waals surface area contributed by atoms with Gasteiger partial charge in [-0.05, 0) is 50.9 Å². The zero-order chi connectivity index (χ0) is 11.5. The van der Waals surface area contributed by atoms with Gasteiger partial charge in [0.1, 0.15) is 5.75 Å². The van der Waals surface area contributed by atoms with E-state index in [0.717, 1.165) is 18.6 Å². The lowest BCUT2D eigenvalue weighted by Crippen LogP contribution is -2.24. The fourth-order valence-corrected chi connectivity index (χ4v) is 1.95. The summed E-state index contributed by atoms with van der Waals surface area (Å²) in [6.45, 7) is 2.11. The number of benzene rings is 1. The van der Waals surface area contributed by atoms with E-state index in [1.54, 1.807) is 0 Å². The maximum absolute atomic E-state index is 6.20. The SMILES string of the molecule is CNC(C)c1ccc(OC2CCC2)c(Cl)c1. The molecule has 2 rings (SSSR count). The number of nitrogens with one attached hydrogen (secondary N) is 1. The minimum Gasteiger partial charge on any atom is -0.489 e. The van der Waals surface area contributed by atoms with Gasteiger partial charge in [0.15, 0.2) is 0 Å². The van der Waals surface area contributed by atoms with Gasteiger partial charge in [0.2, 0.25) is 0 Å². The molecule has 1 fully saturated rings. The van der Waals surface area contributed by atoms with Gasteiger partial charge >= 0.3 is 0 Å². The van der Waals surface area contributed by atoms with Crippen LogP contribution in [0.25, 0.3) is 0 Å². The van der Waals surface area contributed by atoms with E-state index in [0.29, 0.717) is 17.2 Å². The minimum absolute atomic E-state index is 0.315. The molecule has 0 spiro atoms. The lowest BCUT2D eigenvalue weighted by Gasteiger charge is -2.27. The molecular formula is C13H18ClNO. The van der Waals surface area contributed by atoms with Gasteiger partial charge in [-0.1, -0.05) is 17.7 Å². The summed E-state index contributed by atoms with van der Waals surface area (Å²) in [5, 5.41) is 3.91. The Bertz CT molecular complexity index is 363. The molecule has 1 N–H and O–H groups in total. The van der Waals surface area contributed by atoms with Crippen molar-refractivity contribution < 1.29 is 4.74 Å². The Hall–Kier alpha value is -0.730. The van der Waals surface area contributed by atoms with Crippen molar-refractivity contribution in [3.05, 3.63) is 28.8 Å². The molecule has 1 atom stereocenters. The molecule has 1 aliphatic rings. The molecule has 88 valence electrons. The molecule has 0 saturated heterocycles. The summed E-state index contributed by atoms with van der Waals surface area (Å²) < 4.78 is 5.80. The summed E-state index contributed by atoms with van der Waals surface area (Å²) in [5.74, 6) is 0.818. The summed E-state index contributed by atoms with van der Waals surface area (Å²) in [5.41, 5.74) is 1.19. The summed E-state index contributed by atoms with van der Waals surface area (Å²) in [6, 6.07) is 6.34. The van der Waals surface area contributed by atoms with E-state index in [1.807, 2.05) is 19.2 Å². The van der Waals surface area contributed by atoms with E-state index in [4.69, 9.17) is 16.3 Å². The quantitative estimate of drug-likeness (QED) is 0.868. The second-order valence-electron chi connectivity index (χ2n) is 4.37. The van der Waals surface area contributed by atoms with Crippen LogP contribution >= 0.6 is 11.6 Å². The van der Waals surface area contributed by atoms with Gasteiger partial charge in [-0.25, -0.2) is 0 Å². The van der Waals surface area contributed by atoms with Crippen LogP contribution in [0.3, 0.4) is 0 Å². The standard InChI is InChI=1S/C13H18ClNO/c1-9(15-2)10-6-7-13(12(14)8-10)16-11-4-3-5-11/h6-9,11,15H,3-5H2,1-2H3. The highest BCUT2D eigenvalue weighted by atomic mass is 35.5. The molecule has 16 heavy (non-hydrogen) atoms.